The maximum atomic E-state index is 13.5. The molecule has 0 bridgehead atoms. The first-order valence-electron chi connectivity index (χ1n) is 11.1. The zero-order valence-corrected chi connectivity index (χ0v) is 21.0. The van der Waals surface area contributed by atoms with Gasteiger partial charge in [0.05, 0.1) is 34.4 Å². The standard InChI is InChI=1S/C27H20ClFN4O3S/c1-36-27-8-6-20(14-24(27)28)32-26-9-10-31-25-7-5-17(12-23(25)26)18-11-21(16-30-15-18)33-37(34,35)22-4-2-3-19(29)13-22/h2-16,33H,1H3,(H,31,32). The maximum absolute atomic E-state index is 13.5. The van der Waals surface area contributed by atoms with Gasteiger partial charge >= 0.3 is 0 Å². The number of hydrogen-bond donors (Lipinski definition) is 2. The van der Waals surface area contributed by atoms with Crippen molar-refractivity contribution in [2.75, 3.05) is 17.1 Å². The molecule has 2 N–H and O–H groups in total. The minimum absolute atomic E-state index is 0.177. The second-order valence-electron chi connectivity index (χ2n) is 8.09. The Morgan fingerprint density at radius 3 is 2.57 bits per heavy atom. The van der Waals surface area contributed by atoms with Crippen LogP contribution < -0.4 is 14.8 Å². The van der Waals surface area contributed by atoms with E-state index in [-0.39, 0.29) is 10.6 Å². The second kappa shape index (κ2) is 10.0. The summed E-state index contributed by atoms with van der Waals surface area (Å²) in [4.78, 5) is 8.46. The lowest BCUT2D eigenvalue weighted by Gasteiger charge is -2.13. The summed E-state index contributed by atoms with van der Waals surface area (Å²) in [6.07, 6.45) is 4.73. The molecule has 0 atom stereocenters. The SMILES string of the molecule is COc1ccc(Nc2ccnc3ccc(-c4cncc(NS(=O)(=O)c5cccc(F)c5)c4)cc23)cc1Cl. The topological polar surface area (TPSA) is 93.2 Å². The van der Waals surface area contributed by atoms with Gasteiger partial charge in [-0.15, -0.1) is 0 Å². The lowest BCUT2D eigenvalue weighted by atomic mass is 10.0. The van der Waals surface area contributed by atoms with Gasteiger partial charge in [0.2, 0.25) is 0 Å². The van der Waals surface area contributed by atoms with Crippen LogP contribution in [0, 0.1) is 5.82 Å². The molecule has 0 fully saturated rings. The van der Waals surface area contributed by atoms with Crippen molar-refractivity contribution in [3.63, 3.8) is 0 Å². The third-order valence-electron chi connectivity index (χ3n) is 5.60. The fourth-order valence-electron chi connectivity index (χ4n) is 3.84. The lowest BCUT2D eigenvalue weighted by molar-refractivity contribution is 0.415. The van der Waals surface area contributed by atoms with Gasteiger partial charge in [-0.1, -0.05) is 23.7 Å². The van der Waals surface area contributed by atoms with E-state index in [0.717, 1.165) is 33.9 Å². The first-order chi connectivity index (χ1) is 17.8. The molecule has 0 spiro atoms. The number of sulfonamides is 1. The molecule has 0 aliphatic rings. The van der Waals surface area contributed by atoms with E-state index in [9.17, 15) is 12.8 Å². The van der Waals surface area contributed by atoms with Gasteiger partial charge in [0.25, 0.3) is 10.0 Å². The van der Waals surface area contributed by atoms with Gasteiger partial charge in [-0.25, -0.2) is 12.8 Å². The minimum atomic E-state index is -3.99. The highest BCUT2D eigenvalue weighted by Crippen LogP contribution is 2.33. The van der Waals surface area contributed by atoms with Crippen LogP contribution in [0.4, 0.5) is 21.5 Å². The smallest absolute Gasteiger partial charge is 0.262 e. The molecule has 10 heteroatoms. The molecule has 2 aromatic heterocycles. The highest BCUT2D eigenvalue weighted by Gasteiger charge is 2.16. The Morgan fingerprint density at radius 1 is 0.919 bits per heavy atom. The highest BCUT2D eigenvalue weighted by atomic mass is 35.5. The quantitative estimate of drug-likeness (QED) is 0.243. The number of anilines is 3. The number of rotatable bonds is 7. The predicted molar refractivity (Wildman–Crippen MR) is 143 cm³/mol. The molecule has 0 radical (unpaired) electrons. The van der Waals surface area contributed by atoms with E-state index in [1.807, 2.05) is 30.3 Å². The molecule has 0 unspecified atom stereocenters. The van der Waals surface area contributed by atoms with Crippen LogP contribution in [0.15, 0.2) is 96.3 Å². The van der Waals surface area contributed by atoms with Crippen LogP contribution in [-0.4, -0.2) is 25.5 Å². The Kier molecular flexibility index (Phi) is 6.64. The Bertz CT molecular complexity index is 1730. The Hall–Kier alpha value is -4.21. The van der Waals surface area contributed by atoms with Crippen LogP contribution in [0.2, 0.25) is 5.02 Å². The zero-order valence-electron chi connectivity index (χ0n) is 19.4. The van der Waals surface area contributed by atoms with Crippen LogP contribution >= 0.6 is 11.6 Å². The number of nitrogens with zero attached hydrogens (tertiary/aromatic N) is 2. The number of pyridine rings is 2. The average Bonchev–Trinajstić information content (AvgIpc) is 2.89. The zero-order chi connectivity index (χ0) is 26.0. The number of fused-ring (bicyclic) bond motifs is 1. The average molecular weight is 535 g/mol. The summed E-state index contributed by atoms with van der Waals surface area (Å²) in [6, 6.07) is 19.4. The summed E-state index contributed by atoms with van der Waals surface area (Å²) in [5.74, 6) is -0.0599. The van der Waals surface area contributed by atoms with Crippen LogP contribution in [0.3, 0.4) is 0 Å². The number of nitrogens with one attached hydrogen (secondary N) is 2. The molecule has 5 aromatic rings. The second-order valence-corrected chi connectivity index (χ2v) is 10.2. The molecule has 7 nitrogen and oxygen atoms in total. The molecule has 5 rings (SSSR count). The van der Waals surface area contributed by atoms with E-state index in [4.69, 9.17) is 16.3 Å². The van der Waals surface area contributed by atoms with E-state index in [1.165, 1.54) is 24.4 Å². The lowest BCUT2D eigenvalue weighted by Crippen LogP contribution is -2.13. The van der Waals surface area contributed by atoms with E-state index < -0.39 is 15.8 Å². The van der Waals surface area contributed by atoms with Gasteiger partial charge < -0.3 is 10.1 Å². The van der Waals surface area contributed by atoms with Crippen molar-refractivity contribution >= 4 is 49.6 Å². The maximum Gasteiger partial charge on any atom is 0.262 e. The van der Waals surface area contributed by atoms with Gasteiger partial charge in [-0.3, -0.25) is 14.7 Å². The fourth-order valence-corrected chi connectivity index (χ4v) is 5.16. The molecule has 186 valence electrons. The first kappa shape index (κ1) is 24.5. The number of hydrogen-bond acceptors (Lipinski definition) is 6. The summed E-state index contributed by atoms with van der Waals surface area (Å²) >= 11 is 6.28. The number of benzene rings is 3. The van der Waals surface area contributed by atoms with Gasteiger partial charge in [0.15, 0.2) is 0 Å². The van der Waals surface area contributed by atoms with Crippen molar-refractivity contribution in [2.45, 2.75) is 4.90 Å². The van der Waals surface area contributed by atoms with Crippen molar-refractivity contribution in [2.24, 2.45) is 0 Å². The van der Waals surface area contributed by atoms with Crippen molar-refractivity contribution in [3.05, 3.63) is 102 Å². The molecule has 3 aromatic carbocycles. The van der Waals surface area contributed by atoms with E-state index in [0.29, 0.717) is 16.3 Å². The van der Waals surface area contributed by atoms with Gasteiger partial charge in [-0.2, -0.15) is 0 Å². The third kappa shape index (κ3) is 5.32. The Labute approximate surface area is 218 Å². The first-order valence-corrected chi connectivity index (χ1v) is 12.9. The summed E-state index contributed by atoms with van der Waals surface area (Å²) in [7, 11) is -2.43. The predicted octanol–water partition coefficient (Wildman–Crippen LogP) is 6.64. The van der Waals surface area contributed by atoms with Crippen molar-refractivity contribution in [3.8, 4) is 16.9 Å². The number of ether oxygens (including phenoxy) is 1. The molecule has 0 saturated carbocycles. The molecule has 0 amide bonds. The van der Waals surface area contributed by atoms with Crippen LogP contribution in [0.25, 0.3) is 22.0 Å². The summed E-state index contributed by atoms with van der Waals surface area (Å²) in [5.41, 5.74) is 4.09. The fraction of sp³-hybridized carbons (Fsp3) is 0.0370. The van der Waals surface area contributed by atoms with E-state index in [2.05, 4.69) is 20.0 Å². The Balaban J connectivity index is 1.47. The molecule has 0 saturated heterocycles. The molecule has 0 aliphatic carbocycles. The summed E-state index contributed by atoms with van der Waals surface area (Å²) in [5, 5.41) is 4.69. The monoisotopic (exact) mass is 534 g/mol. The molecule has 37 heavy (non-hydrogen) atoms. The molecular weight excluding hydrogens is 515 g/mol. The summed E-state index contributed by atoms with van der Waals surface area (Å²) < 4.78 is 46.7. The minimum Gasteiger partial charge on any atom is -0.495 e. The van der Waals surface area contributed by atoms with Crippen LogP contribution in [0.1, 0.15) is 0 Å². The van der Waals surface area contributed by atoms with E-state index >= 15 is 0 Å². The summed E-state index contributed by atoms with van der Waals surface area (Å²) in [6.45, 7) is 0. The van der Waals surface area contributed by atoms with Crippen LogP contribution in [0.5, 0.6) is 5.75 Å². The third-order valence-corrected chi connectivity index (χ3v) is 7.28. The van der Waals surface area contributed by atoms with Crippen molar-refractivity contribution in [1.29, 1.82) is 0 Å². The van der Waals surface area contributed by atoms with Gasteiger partial charge in [-0.05, 0) is 66.2 Å². The normalized spacial score (nSPS) is 11.3. The Morgan fingerprint density at radius 2 is 1.78 bits per heavy atom. The van der Waals surface area contributed by atoms with Gasteiger partial charge in [0.1, 0.15) is 11.6 Å². The largest absolute Gasteiger partial charge is 0.495 e. The van der Waals surface area contributed by atoms with E-state index in [1.54, 1.807) is 37.7 Å². The van der Waals surface area contributed by atoms with Crippen LogP contribution in [-0.2, 0) is 10.0 Å². The number of aromatic nitrogens is 2. The highest BCUT2D eigenvalue weighted by molar-refractivity contribution is 7.92. The number of methoxy groups -OCH3 is 1. The molecular formula is C27H20ClFN4O3S. The van der Waals surface area contributed by atoms with Crippen molar-refractivity contribution in [1.82, 2.24) is 9.97 Å². The van der Waals surface area contributed by atoms with Gasteiger partial charge in [0, 0.05) is 34.7 Å². The number of halogens is 2. The molecule has 2 heterocycles. The molecule has 0 aliphatic heterocycles. The van der Waals surface area contributed by atoms with Crippen molar-refractivity contribution < 1.29 is 17.5 Å².